The van der Waals surface area contributed by atoms with Crippen molar-refractivity contribution >= 4 is 0 Å². The molecule has 0 aliphatic carbocycles. The SMILES string of the molecule is CCCCOc1ccc(-c2nc(-c3ccc(OCCCC)cc3OC)nc(-c3ccc(OCCCC)cc3OCCCC)n2)c(O)c1. The van der Waals surface area contributed by atoms with E-state index >= 15 is 0 Å². The van der Waals surface area contributed by atoms with Gasteiger partial charge in [-0.2, -0.15) is 0 Å². The van der Waals surface area contributed by atoms with Gasteiger partial charge in [-0.3, -0.25) is 0 Å². The molecule has 0 atom stereocenters. The summed E-state index contributed by atoms with van der Waals surface area (Å²) in [5.41, 5.74) is 1.79. The first-order valence-corrected chi connectivity index (χ1v) is 16.9. The molecule has 9 nitrogen and oxygen atoms in total. The summed E-state index contributed by atoms with van der Waals surface area (Å²) in [5, 5.41) is 11.1. The number of ether oxygens (including phenoxy) is 5. The largest absolute Gasteiger partial charge is 0.507 e. The Morgan fingerprint density at radius 3 is 1.32 bits per heavy atom. The fraction of sp³-hybridized carbons (Fsp3) is 0.447. The van der Waals surface area contributed by atoms with Crippen molar-refractivity contribution in [2.45, 2.75) is 79.1 Å². The van der Waals surface area contributed by atoms with Crippen LogP contribution in [0.1, 0.15) is 79.1 Å². The topological polar surface area (TPSA) is 105 Å². The van der Waals surface area contributed by atoms with Gasteiger partial charge in [0, 0.05) is 18.2 Å². The van der Waals surface area contributed by atoms with E-state index in [2.05, 4.69) is 27.7 Å². The zero-order chi connectivity index (χ0) is 33.4. The van der Waals surface area contributed by atoms with Crippen molar-refractivity contribution in [3.8, 4) is 68.7 Å². The first-order chi connectivity index (χ1) is 23.0. The predicted octanol–water partition coefficient (Wildman–Crippen LogP) is 9.30. The summed E-state index contributed by atoms with van der Waals surface area (Å²) in [4.78, 5) is 14.6. The number of aromatic hydroxyl groups is 1. The van der Waals surface area contributed by atoms with Crippen LogP contribution in [0.2, 0.25) is 0 Å². The van der Waals surface area contributed by atoms with Crippen LogP contribution in [0.5, 0.6) is 34.5 Å². The van der Waals surface area contributed by atoms with E-state index in [0.29, 0.717) is 83.6 Å². The quantitative estimate of drug-likeness (QED) is 0.0943. The first-order valence-electron chi connectivity index (χ1n) is 16.9. The van der Waals surface area contributed by atoms with Gasteiger partial charge in [-0.15, -0.1) is 0 Å². The Bertz CT molecular complexity index is 1560. The van der Waals surface area contributed by atoms with Crippen LogP contribution in [0.4, 0.5) is 0 Å². The molecule has 252 valence electrons. The van der Waals surface area contributed by atoms with Gasteiger partial charge < -0.3 is 28.8 Å². The molecule has 0 amide bonds. The average molecular weight is 644 g/mol. The lowest BCUT2D eigenvalue weighted by atomic mass is 10.1. The predicted molar refractivity (Wildman–Crippen MR) is 186 cm³/mol. The zero-order valence-electron chi connectivity index (χ0n) is 28.5. The van der Waals surface area contributed by atoms with Crippen molar-refractivity contribution in [1.82, 2.24) is 15.0 Å². The lowest BCUT2D eigenvalue weighted by Crippen LogP contribution is -2.05. The second-order valence-corrected chi connectivity index (χ2v) is 11.3. The summed E-state index contributed by atoms with van der Waals surface area (Å²) >= 11 is 0. The third kappa shape index (κ3) is 9.98. The van der Waals surface area contributed by atoms with Crippen LogP contribution in [-0.2, 0) is 0 Å². The van der Waals surface area contributed by atoms with Gasteiger partial charge in [-0.05, 0) is 62.1 Å². The molecule has 3 aromatic carbocycles. The molecule has 0 spiro atoms. The van der Waals surface area contributed by atoms with Gasteiger partial charge in [0.1, 0.15) is 34.5 Å². The monoisotopic (exact) mass is 643 g/mol. The lowest BCUT2D eigenvalue weighted by Gasteiger charge is -2.16. The maximum atomic E-state index is 11.1. The Morgan fingerprint density at radius 2 is 0.872 bits per heavy atom. The molecule has 47 heavy (non-hydrogen) atoms. The highest BCUT2D eigenvalue weighted by Gasteiger charge is 2.20. The van der Waals surface area contributed by atoms with Crippen molar-refractivity contribution in [2.24, 2.45) is 0 Å². The van der Waals surface area contributed by atoms with Gasteiger partial charge >= 0.3 is 0 Å². The van der Waals surface area contributed by atoms with E-state index in [1.165, 1.54) is 0 Å². The van der Waals surface area contributed by atoms with Crippen molar-refractivity contribution in [3.63, 3.8) is 0 Å². The number of methoxy groups -OCH3 is 1. The summed E-state index contributed by atoms with van der Waals surface area (Å²) in [6.07, 6.45) is 7.86. The summed E-state index contributed by atoms with van der Waals surface area (Å²) < 4.78 is 29.8. The highest BCUT2D eigenvalue weighted by Crippen LogP contribution is 2.38. The van der Waals surface area contributed by atoms with E-state index in [1.807, 2.05) is 42.5 Å². The fourth-order valence-electron chi connectivity index (χ4n) is 4.70. The van der Waals surface area contributed by atoms with Crippen molar-refractivity contribution < 1.29 is 28.8 Å². The van der Waals surface area contributed by atoms with Crippen molar-refractivity contribution in [3.05, 3.63) is 54.6 Å². The van der Waals surface area contributed by atoms with E-state index in [0.717, 1.165) is 57.1 Å². The number of phenols is 1. The Hall–Kier alpha value is -4.53. The van der Waals surface area contributed by atoms with Crippen molar-refractivity contribution in [2.75, 3.05) is 33.5 Å². The molecular weight excluding hydrogens is 594 g/mol. The second kappa shape index (κ2) is 18.6. The molecule has 0 unspecified atom stereocenters. The molecule has 0 saturated carbocycles. The summed E-state index contributed by atoms with van der Waals surface area (Å²) in [6, 6.07) is 16.5. The molecule has 0 fully saturated rings. The van der Waals surface area contributed by atoms with Gasteiger partial charge in [0.25, 0.3) is 0 Å². The standard InChI is InChI=1S/C38H49N3O6/c1-6-10-20-44-27-14-17-30(33(42)24-27)36-39-37(31-18-15-28(25-34(31)43-5)45-21-11-7-2)41-38(40-36)32-19-16-29(46-22-12-8-3)26-35(32)47-23-13-9-4/h14-19,24-26,42H,6-13,20-23H2,1-5H3. The fourth-order valence-corrected chi connectivity index (χ4v) is 4.70. The molecule has 0 saturated heterocycles. The number of aromatic nitrogens is 3. The smallest absolute Gasteiger partial charge is 0.167 e. The molecule has 1 N–H and O–H groups in total. The lowest BCUT2D eigenvalue weighted by molar-refractivity contribution is 0.295. The number of phenolic OH excluding ortho intramolecular Hbond substituents is 1. The Labute approximate surface area is 279 Å². The maximum absolute atomic E-state index is 11.1. The maximum Gasteiger partial charge on any atom is 0.167 e. The second-order valence-electron chi connectivity index (χ2n) is 11.3. The number of nitrogens with zero attached hydrogens (tertiary/aromatic N) is 3. The minimum absolute atomic E-state index is 0.00725. The number of hydrogen-bond donors (Lipinski definition) is 1. The number of benzene rings is 3. The van der Waals surface area contributed by atoms with Gasteiger partial charge in [0.2, 0.25) is 0 Å². The minimum atomic E-state index is 0.00725. The highest BCUT2D eigenvalue weighted by atomic mass is 16.5. The zero-order valence-corrected chi connectivity index (χ0v) is 28.5. The summed E-state index contributed by atoms with van der Waals surface area (Å²) in [6.45, 7) is 10.9. The Morgan fingerprint density at radius 1 is 0.489 bits per heavy atom. The minimum Gasteiger partial charge on any atom is -0.507 e. The molecular formula is C38H49N3O6. The average Bonchev–Trinajstić information content (AvgIpc) is 3.08. The molecule has 0 aliphatic rings. The molecule has 1 aromatic heterocycles. The van der Waals surface area contributed by atoms with Gasteiger partial charge in [0.15, 0.2) is 17.5 Å². The number of unbranched alkanes of at least 4 members (excludes halogenated alkanes) is 4. The third-order valence-electron chi connectivity index (χ3n) is 7.51. The number of hydrogen-bond acceptors (Lipinski definition) is 9. The van der Waals surface area contributed by atoms with E-state index in [4.69, 9.17) is 38.6 Å². The van der Waals surface area contributed by atoms with Crippen LogP contribution in [0.3, 0.4) is 0 Å². The molecule has 0 aliphatic heterocycles. The van der Waals surface area contributed by atoms with E-state index < -0.39 is 0 Å². The highest BCUT2D eigenvalue weighted by molar-refractivity contribution is 5.75. The molecule has 4 rings (SSSR count). The van der Waals surface area contributed by atoms with Gasteiger partial charge in [-0.25, -0.2) is 15.0 Å². The van der Waals surface area contributed by atoms with Crippen LogP contribution >= 0.6 is 0 Å². The number of rotatable bonds is 20. The molecule has 0 bridgehead atoms. The summed E-state index contributed by atoms with van der Waals surface area (Å²) in [5.74, 6) is 4.27. The van der Waals surface area contributed by atoms with E-state index in [9.17, 15) is 5.11 Å². The van der Waals surface area contributed by atoms with E-state index in [1.54, 1.807) is 19.2 Å². The summed E-state index contributed by atoms with van der Waals surface area (Å²) in [7, 11) is 1.61. The first kappa shape index (κ1) is 35.3. The van der Waals surface area contributed by atoms with E-state index in [-0.39, 0.29) is 5.75 Å². The normalized spacial score (nSPS) is 10.9. The van der Waals surface area contributed by atoms with Crippen molar-refractivity contribution in [1.29, 1.82) is 0 Å². The van der Waals surface area contributed by atoms with Gasteiger partial charge in [0.05, 0.1) is 50.2 Å². The molecule has 1 heterocycles. The van der Waals surface area contributed by atoms with Crippen LogP contribution in [0.15, 0.2) is 54.6 Å². The molecule has 4 aromatic rings. The third-order valence-corrected chi connectivity index (χ3v) is 7.51. The van der Waals surface area contributed by atoms with Crippen LogP contribution in [0.25, 0.3) is 34.2 Å². The van der Waals surface area contributed by atoms with Crippen LogP contribution in [0, 0.1) is 0 Å². The Balaban J connectivity index is 1.84. The molecule has 9 heteroatoms. The van der Waals surface area contributed by atoms with Crippen LogP contribution in [-0.4, -0.2) is 53.6 Å². The molecule has 0 radical (unpaired) electrons. The Kier molecular flexibility index (Phi) is 14.0. The van der Waals surface area contributed by atoms with Crippen LogP contribution < -0.4 is 23.7 Å². The van der Waals surface area contributed by atoms with Gasteiger partial charge in [-0.1, -0.05) is 53.4 Å².